The van der Waals surface area contributed by atoms with Crippen LogP contribution in [0.2, 0.25) is 5.02 Å². The average molecular weight is 257 g/mol. The van der Waals surface area contributed by atoms with E-state index in [1.807, 2.05) is 4.90 Å². The highest BCUT2D eigenvalue weighted by atomic mass is 35.5. The number of nitrogens with zero attached hydrogens (tertiary/aromatic N) is 2. The molecule has 1 rings (SSSR count). The molecule has 0 aliphatic carbocycles. The van der Waals surface area contributed by atoms with Gasteiger partial charge in [-0.1, -0.05) is 17.7 Å². The van der Waals surface area contributed by atoms with Gasteiger partial charge in [-0.15, -0.1) is 6.58 Å². The van der Waals surface area contributed by atoms with Crippen LogP contribution in [-0.2, 0) is 11.3 Å². The molecule has 1 aromatic rings. The number of hydrogen-bond donors (Lipinski definition) is 1. The molecule has 0 unspecified atom stereocenters. The van der Waals surface area contributed by atoms with Gasteiger partial charge in [0.15, 0.2) is 0 Å². The predicted molar refractivity (Wildman–Crippen MR) is 69.5 cm³/mol. The summed E-state index contributed by atoms with van der Waals surface area (Å²) in [5.74, 6) is 0.681. The third-order valence-electron chi connectivity index (χ3n) is 2.28. The predicted octanol–water partition coefficient (Wildman–Crippen LogP) is 1.87. The molecular weight excluding hydrogens is 240 g/mol. The SMILES string of the molecule is C=CCN(CCOC)c1ncc(CO)cc1Cl. The molecule has 0 amide bonds. The lowest BCUT2D eigenvalue weighted by Crippen LogP contribution is -2.28. The molecule has 1 aromatic heterocycles. The van der Waals surface area contributed by atoms with E-state index in [1.54, 1.807) is 25.4 Å². The van der Waals surface area contributed by atoms with Crippen LogP contribution in [0.25, 0.3) is 0 Å². The van der Waals surface area contributed by atoms with Gasteiger partial charge in [0, 0.05) is 26.4 Å². The van der Waals surface area contributed by atoms with Gasteiger partial charge in [-0.3, -0.25) is 0 Å². The van der Waals surface area contributed by atoms with Crippen molar-refractivity contribution in [2.75, 3.05) is 31.7 Å². The lowest BCUT2D eigenvalue weighted by Gasteiger charge is -2.22. The molecule has 1 N–H and O–H groups in total. The normalized spacial score (nSPS) is 10.3. The molecule has 0 radical (unpaired) electrons. The van der Waals surface area contributed by atoms with Gasteiger partial charge < -0.3 is 14.7 Å². The van der Waals surface area contributed by atoms with E-state index in [0.29, 0.717) is 36.1 Å². The topological polar surface area (TPSA) is 45.6 Å². The summed E-state index contributed by atoms with van der Waals surface area (Å²) in [5, 5.41) is 9.51. The van der Waals surface area contributed by atoms with E-state index in [2.05, 4.69) is 11.6 Å². The van der Waals surface area contributed by atoms with E-state index in [-0.39, 0.29) is 6.61 Å². The Bertz CT molecular complexity index is 372. The van der Waals surface area contributed by atoms with Crippen molar-refractivity contribution in [1.82, 2.24) is 4.98 Å². The zero-order valence-electron chi connectivity index (χ0n) is 9.90. The van der Waals surface area contributed by atoms with Crippen LogP contribution in [-0.4, -0.2) is 36.9 Å². The zero-order chi connectivity index (χ0) is 12.7. The number of ether oxygens (including phenoxy) is 1. The number of hydrogen-bond acceptors (Lipinski definition) is 4. The molecule has 94 valence electrons. The fourth-order valence-corrected chi connectivity index (χ4v) is 1.74. The quantitative estimate of drug-likeness (QED) is 0.757. The molecule has 0 aliphatic heterocycles. The van der Waals surface area contributed by atoms with Crippen molar-refractivity contribution in [3.05, 3.63) is 35.5 Å². The average Bonchev–Trinajstić information content (AvgIpc) is 2.34. The van der Waals surface area contributed by atoms with E-state index in [1.165, 1.54) is 0 Å². The molecule has 0 atom stereocenters. The van der Waals surface area contributed by atoms with Gasteiger partial charge in [-0.05, 0) is 11.6 Å². The van der Waals surface area contributed by atoms with Gasteiger partial charge in [-0.25, -0.2) is 4.98 Å². The zero-order valence-corrected chi connectivity index (χ0v) is 10.7. The summed E-state index contributed by atoms with van der Waals surface area (Å²) in [6.45, 7) is 5.57. The van der Waals surface area contributed by atoms with Crippen LogP contribution >= 0.6 is 11.6 Å². The summed E-state index contributed by atoms with van der Waals surface area (Å²) >= 11 is 6.13. The molecule has 0 saturated heterocycles. The van der Waals surface area contributed by atoms with Crippen molar-refractivity contribution < 1.29 is 9.84 Å². The molecule has 1 heterocycles. The summed E-state index contributed by atoms with van der Waals surface area (Å²) < 4.78 is 5.04. The van der Waals surface area contributed by atoms with Gasteiger partial charge in [-0.2, -0.15) is 0 Å². The minimum atomic E-state index is -0.0630. The van der Waals surface area contributed by atoms with Crippen molar-refractivity contribution in [3.63, 3.8) is 0 Å². The van der Waals surface area contributed by atoms with E-state index in [9.17, 15) is 0 Å². The maximum absolute atomic E-state index is 8.99. The Balaban J connectivity index is 2.88. The van der Waals surface area contributed by atoms with Crippen molar-refractivity contribution in [2.24, 2.45) is 0 Å². The van der Waals surface area contributed by atoms with Crippen LogP contribution in [0.4, 0.5) is 5.82 Å². The van der Waals surface area contributed by atoms with Crippen LogP contribution in [0, 0.1) is 0 Å². The van der Waals surface area contributed by atoms with E-state index < -0.39 is 0 Å². The number of aliphatic hydroxyl groups is 1. The summed E-state index contributed by atoms with van der Waals surface area (Å²) in [6.07, 6.45) is 3.40. The van der Waals surface area contributed by atoms with Crippen LogP contribution < -0.4 is 4.90 Å². The number of pyridine rings is 1. The summed E-state index contributed by atoms with van der Waals surface area (Å²) in [6, 6.07) is 1.72. The minimum absolute atomic E-state index is 0.0630. The lowest BCUT2D eigenvalue weighted by molar-refractivity contribution is 0.205. The summed E-state index contributed by atoms with van der Waals surface area (Å²) in [5.41, 5.74) is 0.698. The monoisotopic (exact) mass is 256 g/mol. The Morgan fingerprint density at radius 2 is 2.41 bits per heavy atom. The van der Waals surface area contributed by atoms with E-state index in [0.717, 1.165) is 0 Å². The first-order chi connectivity index (χ1) is 8.22. The first kappa shape index (κ1) is 14.0. The highest BCUT2D eigenvalue weighted by molar-refractivity contribution is 6.33. The number of anilines is 1. The van der Waals surface area contributed by atoms with Crippen molar-refractivity contribution in [3.8, 4) is 0 Å². The Morgan fingerprint density at radius 3 is 2.94 bits per heavy atom. The first-order valence-electron chi connectivity index (χ1n) is 5.33. The number of rotatable bonds is 7. The van der Waals surface area contributed by atoms with Crippen LogP contribution in [0.5, 0.6) is 0 Å². The Morgan fingerprint density at radius 1 is 1.65 bits per heavy atom. The number of methoxy groups -OCH3 is 1. The largest absolute Gasteiger partial charge is 0.392 e. The molecule has 0 aliphatic rings. The van der Waals surface area contributed by atoms with Crippen LogP contribution in [0.3, 0.4) is 0 Å². The molecule has 4 nitrogen and oxygen atoms in total. The summed E-state index contributed by atoms with van der Waals surface area (Å²) in [7, 11) is 1.65. The van der Waals surface area contributed by atoms with Crippen LogP contribution in [0.1, 0.15) is 5.56 Å². The second-order valence-electron chi connectivity index (χ2n) is 3.53. The smallest absolute Gasteiger partial charge is 0.147 e. The second kappa shape index (κ2) is 7.27. The molecule has 0 aromatic carbocycles. The molecule has 5 heteroatoms. The highest BCUT2D eigenvalue weighted by Gasteiger charge is 2.11. The Labute approximate surface area is 106 Å². The molecule has 0 bridgehead atoms. The summed E-state index contributed by atoms with van der Waals surface area (Å²) in [4.78, 5) is 6.22. The van der Waals surface area contributed by atoms with Crippen LogP contribution in [0.15, 0.2) is 24.9 Å². The fourth-order valence-electron chi connectivity index (χ4n) is 1.43. The maximum Gasteiger partial charge on any atom is 0.147 e. The lowest BCUT2D eigenvalue weighted by atomic mass is 10.3. The highest BCUT2D eigenvalue weighted by Crippen LogP contribution is 2.23. The Hall–Kier alpha value is -1.10. The molecule has 0 saturated carbocycles. The molecule has 0 spiro atoms. The third-order valence-corrected chi connectivity index (χ3v) is 2.55. The van der Waals surface area contributed by atoms with Crippen molar-refractivity contribution in [2.45, 2.75) is 6.61 Å². The van der Waals surface area contributed by atoms with Crippen molar-refractivity contribution in [1.29, 1.82) is 0 Å². The van der Waals surface area contributed by atoms with Gasteiger partial charge in [0.1, 0.15) is 5.82 Å². The van der Waals surface area contributed by atoms with Gasteiger partial charge in [0.25, 0.3) is 0 Å². The van der Waals surface area contributed by atoms with E-state index in [4.69, 9.17) is 21.4 Å². The fraction of sp³-hybridized carbons (Fsp3) is 0.417. The second-order valence-corrected chi connectivity index (χ2v) is 3.94. The molecule has 0 fully saturated rings. The number of aromatic nitrogens is 1. The number of halogens is 1. The maximum atomic E-state index is 8.99. The minimum Gasteiger partial charge on any atom is -0.392 e. The number of aliphatic hydroxyl groups excluding tert-OH is 1. The molecular formula is C12H17ClN2O2. The van der Waals surface area contributed by atoms with Gasteiger partial charge in [0.05, 0.1) is 18.2 Å². The Kier molecular flexibility index (Phi) is 5.97. The third kappa shape index (κ3) is 4.00. The molecule has 17 heavy (non-hydrogen) atoms. The first-order valence-corrected chi connectivity index (χ1v) is 5.70. The van der Waals surface area contributed by atoms with Gasteiger partial charge in [0.2, 0.25) is 0 Å². The van der Waals surface area contributed by atoms with E-state index >= 15 is 0 Å². The van der Waals surface area contributed by atoms with Crippen molar-refractivity contribution >= 4 is 17.4 Å². The standard InChI is InChI=1S/C12H17ClN2O2/c1-3-4-15(5-6-17-2)12-11(13)7-10(9-16)8-14-12/h3,7-8,16H,1,4-6,9H2,2H3. The van der Waals surface area contributed by atoms with Gasteiger partial charge >= 0.3 is 0 Å².